The maximum Gasteiger partial charge on any atom is 0.159 e. The van der Waals surface area contributed by atoms with Gasteiger partial charge in [-0.3, -0.25) is 4.79 Å². The summed E-state index contributed by atoms with van der Waals surface area (Å²) in [6.07, 6.45) is 1.30. The molecule has 0 bridgehead atoms. The Balaban J connectivity index is 2.69. The van der Waals surface area contributed by atoms with Crippen molar-refractivity contribution in [3.8, 4) is 5.75 Å². The first-order chi connectivity index (χ1) is 8.00. The average molecular weight is 236 g/mol. The summed E-state index contributed by atoms with van der Waals surface area (Å²) in [7, 11) is 0. The maximum atomic E-state index is 11.2. The maximum absolute atomic E-state index is 11.2. The van der Waals surface area contributed by atoms with Crippen molar-refractivity contribution in [1.29, 1.82) is 0 Å². The number of ether oxygens (including phenoxy) is 1. The van der Waals surface area contributed by atoms with Crippen molar-refractivity contribution in [2.45, 2.75) is 39.2 Å². The van der Waals surface area contributed by atoms with Crippen molar-refractivity contribution >= 4 is 5.78 Å². The topological polar surface area (TPSA) is 46.5 Å². The van der Waals surface area contributed by atoms with Crippen LogP contribution in [0.15, 0.2) is 24.3 Å². The lowest BCUT2D eigenvalue weighted by atomic mass is 9.99. The summed E-state index contributed by atoms with van der Waals surface area (Å²) in [4.78, 5) is 11.2. The third-order valence-electron chi connectivity index (χ3n) is 3.06. The van der Waals surface area contributed by atoms with Gasteiger partial charge in [0.25, 0.3) is 0 Å². The zero-order valence-electron chi connectivity index (χ0n) is 10.7. The summed E-state index contributed by atoms with van der Waals surface area (Å²) in [5.41, 5.74) is -0.161. The van der Waals surface area contributed by atoms with Gasteiger partial charge in [0.2, 0.25) is 0 Å². The van der Waals surface area contributed by atoms with E-state index in [1.54, 1.807) is 24.3 Å². The van der Waals surface area contributed by atoms with Gasteiger partial charge in [-0.1, -0.05) is 26.0 Å². The molecule has 3 nitrogen and oxygen atoms in total. The number of hydrogen-bond donors (Lipinski definition) is 1. The Morgan fingerprint density at radius 3 is 2.53 bits per heavy atom. The van der Waals surface area contributed by atoms with Gasteiger partial charge in [0, 0.05) is 5.56 Å². The van der Waals surface area contributed by atoms with Gasteiger partial charge in [-0.25, -0.2) is 0 Å². The SMILES string of the molecule is CCC(O)(CC)COc1cccc(C(C)=O)c1. The third kappa shape index (κ3) is 3.86. The highest BCUT2D eigenvalue weighted by Gasteiger charge is 2.23. The summed E-state index contributed by atoms with van der Waals surface area (Å²) in [6, 6.07) is 7.02. The van der Waals surface area contributed by atoms with E-state index in [9.17, 15) is 9.90 Å². The molecule has 1 rings (SSSR count). The van der Waals surface area contributed by atoms with Crippen LogP contribution in [0.5, 0.6) is 5.75 Å². The Kier molecular flexibility index (Phi) is 4.70. The summed E-state index contributed by atoms with van der Waals surface area (Å²) >= 11 is 0. The summed E-state index contributed by atoms with van der Waals surface area (Å²) < 4.78 is 5.54. The molecule has 17 heavy (non-hydrogen) atoms. The highest BCUT2D eigenvalue weighted by atomic mass is 16.5. The molecule has 0 radical (unpaired) electrons. The second-order valence-corrected chi connectivity index (χ2v) is 4.30. The van der Waals surface area contributed by atoms with Crippen LogP contribution in [0.4, 0.5) is 0 Å². The van der Waals surface area contributed by atoms with E-state index in [1.807, 2.05) is 13.8 Å². The molecule has 0 unspecified atom stereocenters. The minimum atomic E-state index is -0.785. The molecule has 0 aliphatic heterocycles. The largest absolute Gasteiger partial charge is 0.491 e. The van der Waals surface area contributed by atoms with E-state index in [0.29, 0.717) is 24.2 Å². The van der Waals surface area contributed by atoms with Crippen molar-refractivity contribution in [3.05, 3.63) is 29.8 Å². The van der Waals surface area contributed by atoms with Crippen LogP contribution in [0.3, 0.4) is 0 Å². The van der Waals surface area contributed by atoms with Gasteiger partial charge in [-0.15, -0.1) is 0 Å². The molecule has 1 aromatic carbocycles. The van der Waals surface area contributed by atoms with Crippen LogP contribution < -0.4 is 4.74 Å². The number of carbonyl (C=O) groups excluding carboxylic acids is 1. The van der Waals surface area contributed by atoms with E-state index >= 15 is 0 Å². The third-order valence-corrected chi connectivity index (χ3v) is 3.06. The Morgan fingerprint density at radius 1 is 1.35 bits per heavy atom. The summed E-state index contributed by atoms with van der Waals surface area (Å²) in [5.74, 6) is 0.634. The first kappa shape index (κ1) is 13.7. The normalized spacial score (nSPS) is 11.3. The average Bonchev–Trinajstić information content (AvgIpc) is 2.36. The highest BCUT2D eigenvalue weighted by molar-refractivity contribution is 5.94. The van der Waals surface area contributed by atoms with Gasteiger partial charge in [0.15, 0.2) is 5.78 Å². The van der Waals surface area contributed by atoms with E-state index in [-0.39, 0.29) is 12.4 Å². The van der Waals surface area contributed by atoms with Crippen LogP contribution in [-0.2, 0) is 0 Å². The molecule has 0 fully saturated rings. The molecule has 1 N–H and O–H groups in total. The Morgan fingerprint density at radius 2 is 2.00 bits per heavy atom. The lowest BCUT2D eigenvalue weighted by Crippen LogP contribution is -2.34. The van der Waals surface area contributed by atoms with Crippen LogP contribution in [0.1, 0.15) is 44.0 Å². The fourth-order valence-electron chi connectivity index (χ4n) is 1.48. The van der Waals surface area contributed by atoms with Crippen molar-refractivity contribution in [1.82, 2.24) is 0 Å². The lowest BCUT2D eigenvalue weighted by molar-refractivity contribution is -0.0113. The number of Topliss-reactive ketones (excluding diaryl/α,β-unsaturated/α-hetero) is 1. The molecule has 0 aliphatic carbocycles. The molecule has 0 saturated carbocycles. The zero-order valence-corrected chi connectivity index (χ0v) is 10.7. The Labute approximate surface area is 102 Å². The lowest BCUT2D eigenvalue weighted by Gasteiger charge is -2.25. The minimum absolute atomic E-state index is 0.0108. The molecule has 0 aromatic heterocycles. The smallest absolute Gasteiger partial charge is 0.159 e. The quantitative estimate of drug-likeness (QED) is 0.772. The van der Waals surface area contributed by atoms with Gasteiger partial charge in [0.05, 0.1) is 5.60 Å². The Bertz CT molecular complexity index is 381. The number of benzene rings is 1. The van der Waals surface area contributed by atoms with Crippen LogP contribution in [0.25, 0.3) is 0 Å². The standard InChI is InChI=1S/C14H20O3/c1-4-14(16,5-2)10-17-13-8-6-7-12(9-13)11(3)15/h6-9,16H,4-5,10H2,1-3H3. The second kappa shape index (κ2) is 5.82. The van der Waals surface area contributed by atoms with Gasteiger partial charge in [-0.05, 0) is 31.9 Å². The molecular formula is C14H20O3. The van der Waals surface area contributed by atoms with E-state index in [0.717, 1.165) is 0 Å². The molecular weight excluding hydrogens is 216 g/mol. The molecule has 94 valence electrons. The number of ketones is 1. The van der Waals surface area contributed by atoms with Crippen molar-refractivity contribution in [2.75, 3.05) is 6.61 Å². The predicted octanol–water partition coefficient (Wildman–Crippen LogP) is 2.82. The number of carbonyl (C=O) groups is 1. The van der Waals surface area contributed by atoms with Gasteiger partial charge >= 0.3 is 0 Å². The van der Waals surface area contributed by atoms with Crippen LogP contribution >= 0.6 is 0 Å². The van der Waals surface area contributed by atoms with Crippen molar-refractivity contribution in [2.24, 2.45) is 0 Å². The minimum Gasteiger partial charge on any atom is -0.491 e. The highest BCUT2D eigenvalue weighted by Crippen LogP contribution is 2.19. The van der Waals surface area contributed by atoms with E-state index in [1.165, 1.54) is 6.92 Å². The summed E-state index contributed by atoms with van der Waals surface area (Å²) in [5, 5.41) is 10.1. The van der Waals surface area contributed by atoms with Gasteiger partial charge in [0.1, 0.15) is 12.4 Å². The molecule has 0 amide bonds. The predicted molar refractivity (Wildman–Crippen MR) is 67.5 cm³/mol. The van der Waals surface area contributed by atoms with Crippen molar-refractivity contribution in [3.63, 3.8) is 0 Å². The van der Waals surface area contributed by atoms with E-state index < -0.39 is 5.60 Å². The number of aliphatic hydroxyl groups is 1. The molecule has 0 heterocycles. The first-order valence-electron chi connectivity index (χ1n) is 5.97. The van der Waals surface area contributed by atoms with E-state index in [2.05, 4.69) is 0 Å². The number of hydrogen-bond acceptors (Lipinski definition) is 3. The monoisotopic (exact) mass is 236 g/mol. The molecule has 0 spiro atoms. The van der Waals surface area contributed by atoms with Gasteiger partial charge in [-0.2, -0.15) is 0 Å². The Hall–Kier alpha value is -1.35. The fraction of sp³-hybridized carbons (Fsp3) is 0.500. The zero-order chi connectivity index (χ0) is 12.9. The van der Waals surface area contributed by atoms with E-state index in [4.69, 9.17) is 4.74 Å². The fourth-order valence-corrected chi connectivity index (χ4v) is 1.48. The molecule has 0 aliphatic rings. The molecule has 0 saturated heterocycles. The number of rotatable bonds is 6. The molecule has 1 aromatic rings. The van der Waals surface area contributed by atoms with Crippen LogP contribution in [0, 0.1) is 0 Å². The second-order valence-electron chi connectivity index (χ2n) is 4.30. The van der Waals surface area contributed by atoms with Crippen molar-refractivity contribution < 1.29 is 14.6 Å². The summed E-state index contributed by atoms with van der Waals surface area (Å²) in [6.45, 7) is 5.63. The van der Waals surface area contributed by atoms with Gasteiger partial charge < -0.3 is 9.84 Å². The molecule has 3 heteroatoms. The first-order valence-corrected chi connectivity index (χ1v) is 5.97. The van der Waals surface area contributed by atoms with Crippen LogP contribution in [-0.4, -0.2) is 23.1 Å². The van der Waals surface area contributed by atoms with Crippen LogP contribution in [0.2, 0.25) is 0 Å². The molecule has 0 atom stereocenters.